The molecule has 5 heteroatoms. The van der Waals surface area contributed by atoms with Crippen LogP contribution in [-0.2, 0) is 0 Å². The first kappa shape index (κ1) is 13.1. The van der Waals surface area contributed by atoms with E-state index in [9.17, 15) is 9.90 Å². The molecule has 0 unspecified atom stereocenters. The lowest BCUT2D eigenvalue weighted by atomic mass is 10.0. The number of pyridine rings is 1. The molecule has 0 spiro atoms. The molecule has 0 atom stereocenters. The minimum absolute atomic E-state index is 0.191. The number of aromatic nitrogens is 2. The van der Waals surface area contributed by atoms with Crippen molar-refractivity contribution in [2.75, 3.05) is 6.54 Å². The van der Waals surface area contributed by atoms with E-state index in [0.29, 0.717) is 12.2 Å². The minimum Gasteiger partial charge on any atom is -0.388 e. The molecule has 0 bridgehead atoms. The highest BCUT2D eigenvalue weighted by Gasteiger charge is 2.31. The third-order valence-corrected chi connectivity index (χ3v) is 4.00. The van der Waals surface area contributed by atoms with Crippen LogP contribution in [0, 0.1) is 6.92 Å². The molecule has 0 saturated heterocycles. The highest BCUT2D eigenvalue weighted by atomic mass is 16.3. The molecular formula is C15H19N3O2. The van der Waals surface area contributed by atoms with Gasteiger partial charge in [-0.25, -0.2) is 4.98 Å². The van der Waals surface area contributed by atoms with Crippen molar-refractivity contribution < 1.29 is 9.90 Å². The molecule has 1 aliphatic carbocycles. The first-order chi connectivity index (χ1) is 9.57. The third-order valence-electron chi connectivity index (χ3n) is 4.00. The van der Waals surface area contributed by atoms with Gasteiger partial charge in [0, 0.05) is 12.7 Å². The van der Waals surface area contributed by atoms with Crippen LogP contribution in [0.2, 0.25) is 0 Å². The van der Waals surface area contributed by atoms with Crippen molar-refractivity contribution in [3.8, 4) is 0 Å². The first-order valence-electron chi connectivity index (χ1n) is 7.02. The van der Waals surface area contributed by atoms with E-state index in [1.807, 2.05) is 25.3 Å². The van der Waals surface area contributed by atoms with Crippen molar-refractivity contribution in [3.63, 3.8) is 0 Å². The van der Waals surface area contributed by atoms with Crippen LogP contribution in [0.3, 0.4) is 0 Å². The number of hydrogen-bond donors (Lipinski definition) is 2. The van der Waals surface area contributed by atoms with Crippen LogP contribution in [0.25, 0.3) is 5.65 Å². The number of amides is 1. The van der Waals surface area contributed by atoms with Crippen molar-refractivity contribution >= 4 is 11.6 Å². The zero-order chi connectivity index (χ0) is 14.2. The molecule has 1 fully saturated rings. The Kier molecular flexibility index (Phi) is 3.22. The Balaban J connectivity index is 1.77. The van der Waals surface area contributed by atoms with Gasteiger partial charge in [-0.15, -0.1) is 0 Å². The Morgan fingerprint density at radius 3 is 2.95 bits per heavy atom. The zero-order valence-electron chi connectivity index (χ0n) is 11.6. The maximum Gasteiger partial charge on any atom is 0.270 e. The molecule has 20 heavy (non-hydrogen) atoms. The number of rotatable bonds is 3. The highest BCUT2D eigenvalue weighted by molar-refractivity contribution is 5.93. The van der Waals surface area contributed by atoms with Crippen molar-refractivity contribution in [1.29, 1.82) is 0 Å². The van der Waals surface area contributed by atoms with E-state index in [4.69, 9.17) is 0 Å². The Morgan fingerprint density at radius 1 is 1.45 bits per heavy atom. The number of carbonyl (C=O) groups excluding carboxylic acids is 1. The Bertz CT molecular complexity index is 642. The molecule has 2 aromatic heterocycles. The number of nitrogens with zero attached hydrogens (tertiary/aromatic N) is 2. The van der Waals surface area contributed by atoms with Gasteiger partial charge in [0.25, 0.3) is 5.91 Å². The Labute approximate surface area is 117 Å². The predicted molar refractivity (Wildman–Crippen MR) is 75.7 cm³/mol. The number of fused-ring (bicyclic) bond motifs is 1. The third kappa shape index (κ3) is 2.41. The molecule has 106 valence electrons. The van der Waals surface area contributed by atoms with E-state index in [1.165, 1.54) is 0 Å². The topological polar surface area (TPSA) is 66.6 Å². The number of carbonyl (C=O) groups is 1. The summed E-state index contributed by atoms with van der Waals surface area (Å²) in [4.78, 5) is 16.5. The first-order valence-corrected chi connectivity index (χ1v) is 7.02. The van der Waals surface area contributed by atoms with Crippen molar-refractivity contribution in [1.82, 2.24) is 14.7 Å². The van der Waals surface area contributed by atoms with E-state index in [1.54, 1.807) is 10.6 Å². The van der Waals surface area contributed by atoms with Gasteiger partial charge in [0.05, 0.1) is 11.8 Å². The van der Waals surface area contributed by atoms with E-state index in [0.717, 1.165) is 36.9 Å². The van der Waals surface area contributed by atoms with Gasteiger partial charge in [-0.2, -0.15) is 0 Å². The van der Waals surface area contributed by atoms with E-state index in [-0.39, 0.29) is 5.91 Å². The van der Waals surface area contributed by atoms with Gasteiger partial charge in [-0.05, 0) is 31.4 Å². The second-order valence-electron chi connectivity index (χ2n) is 5.69. The van der Waals surface area contributed by atoms with Crippen molar-refractivity contribution in [2.24, 2.45) is 0 Å². The molecular weight excluding hydrogens is 254 g/mol. The Morgan fingerprint density at radius 2 is 2.20 bits per heavy atom. The largest absolute Gasteiger partial charge is 0.388 e. The standard InChI is InChI=1S/C15H19N3O2/c1-11-4-5-13-16-8-12(18(13)9-11)14(19)17-10-15(20)6-2-3-7-15/h4-5,8-9,20H,2-3,6-7,10H2,1H3,(H,17,19). The lowest BCUT2D eigenvalue weighted by Gasteiger charge is -2.22. The maximum atomic E-state index is 12.2. The van der Waals surface area contributed by atoms with Gasteiger partial charge >= 0.3 is 0 Å². The number of hydrogen-bond acceptors (Lipinski definition) is 3. The smallest absolute Gasteiger partial charge is 0.270 e. The van der Waals surface area contributed by atoms with Gasteiger partial charge in [0.15, 0.2) is 0 Å². The summed E-state index contributed by atoms with van der Waals surface area (Å²) >= 11 is 0. The van der Waals surface area contributed by atoms with Crippen LogP contribution in [0.5, 0.6) is 0 Å². The fourth-order valence-corrected chi connectivity index (χ4v) is 2.80. The number of imidazole rings is 1. The summed E-state index contributed by atoms with van der Waals surface area (Å²) in [6.45, 7) is 2.28. The van der Waals surface area contributed by atoms with Crippen LogP contribution in [-0.4, -0.2) is 32.5 Å². The molecule has 2 aromatic rings. The SMILES string of the molecule is Cc1ccc2ncc(C(=O)NCC3(O)CCCC3)n2c1. The summed E-state index contributed by atoms with van der Waals surface area (Å²) in [5.41, 5.74) is 1.59. The van der Waals surface area contributed by atoms with Gasteiger partial charge in [0.1, 0.15) is 11.3 Å². The van der Waals surface area contributed by atoms with Crippen LogP contribution < -0.4 is 5.32 Å². The molecule has 2 heterocycles. The van der Waals surface area contributed by atoms with E-state index >= 15 is 0 Å². The molecule has 2 N–H and O–H groups in total. The van der Waals surface area contributed by atoms with Gasteiger partial charge in [-0.1, -0.05) is 18.9 Å². The summed E-state index contributed by atoms with van der Waals surface area (Å²) < 4.78 is 1.78. The summed E-state index contributed by atoms with van der Waals surface area (Å²) in [6, 6.07) is 3.85. The molecule has 0 aromatic carbocycles. The monoisotopic (exact) mass is 273 g/mol. The van der Waals surface area contributed by atoms with Crippen molar-refractivity contribution in [3.05, 3.63) is 35.8 Å². The molecule has 1 amide bonds. The summed E-state index contributed by atoms with van der Waals surface area (Å²) in [5.74, 6) is -0.191. The fraction of sp³-hybridized carbons (Fsp3) is 0.467. The number of aryl methyl sites for hydroxylation is 1. The molecule has 0 radical (unpaired) electrons. The lowest BCUT2D eigenvalue weighted by molar-refractivity contribution is 0.0448. The normalized spacial score (nSPS) is 17.5. The summed E-state index contributed by atoms with van der Waals surface area (Å²) in [5, 5.41) is 13.1. The number of nitrogens with one attached hydrogen (secondary N) is 1. The second-order valence-corrected chi connectivity index (χ2v) is 5.69. The maximum absolute atomic E-state index is 12.2. The summed E-state index contributed by atoms with van der Waals surface area (Å²) in [7, 11) is 0. The van der Waals surface area contributed by atoms with E-state index in [2.05, 4.69) is 10.3 Å². The Hall–Kier alpha value is -1.88. The van der Waals surface area contributed by atoms with Crippen LogP contribution >= 0.6 is 0 Å². The lowest BCUT2D eigenvalue weighted by Crippen LogP contribution is -2.41. The van der Waals surface area contributed by atoms with Crippen LogP contribution in [0.1, 0.15) is 41.7 Å². The second kappa shape index (κ2) is 4.90. The predicted octanol–water partition coefficient (Wildman–Crippen LogP) is 1.68. The van der Waals surface area contributed by atoms with Crippen LogP contribution in [0.15, 0.2) is 24.5 Å². The fourth-order valence-electron chi connectivity index (χ4n) is 2.80. The van der Waals surface area contributed by atoms with Gasteiger partial charge in [-0.3, -0.25) is 9.20 Å². The molecule has 1 aliphatic rings. The van der Waals surface area contributed by atoms with Crippen LogP contribution in [0.4, 0.5) is 0 Å². The van der Waals surface area contributed by atoms with Gasteiger partial charge < -0.3 is 10.4 Å². The highest BCUT2D eigenvalue weighted by Crippen LogP contribution is 2.28. The summed E-state index contributed by atoms with van der Waals surface area (Å²) in [6.07, 6.45) is 7.05. The molecule has 0 aliphatic heterocycles. The van der Waals surface area contributed by atoms with Crippen molar-refractivity contribution in [2.45, 2.75) is 38.2 Å². The molecule has 5 nitrogen and oxygen atoms in total. The quantitative estimate of drug-likeness (QED) is 0.894. The average molecular weight is 273 g/mol. The molecule has 1 saturated carbocycles. The average Bonchev–Trinajstić information content (AvgIpc) is 3.03. The zero-order valence-corrected chi connectivity index (χ0v) is 11.6. The van der Waals surface area contributed by atoms with E-state index < -0.39 is 5.60 Å². The number of aliphatic hydroxyl groups is 1. The van der Waals surface area contributed by atoms with Gasteiger partial charge in [0.2, 0.25) is 0 Å². The minimum atomic E-state index is -0.730. The molecule has 3 rings (SSSR count).